The lowest BCUT2D eigenvalue weighted by Crippen LogP contribution is -2.45. The summed E-state index contributed by atoms with van der Waals surface area (Å²) in [6.45, 7) is 0.0971. The standard InChI is InChI=1S/C23H25NO5/c25-22(26)21(14-28-15-7-1-2-8-15)24-23(27)29-13-20-18-11-5-3-9-16(18)17-10-4-6-12-19(17)20/h3-6,9-12,15,20-21H,1-2,7-8,13-14H2,(H,24,27)(H,25,26). The number of alkyl carbamates (subject to hydrolysis) is 1. The van der Waals surface area contributed by atoms with Crippen molar-refractivity contribution in [2.75, 3.05) is 13.2 Å². The van der Waals surface area contributed by atoms with Gasteiger partial charge in [-0.3, -0.25) is 0 Å². The minimum atomic E-state index is -1.13. The Morgan fingerprint density at radius 3 is 2.17 bits per heavy atom. The molecular weight excluding hydrogens is 370 g/mol. The molecule has 0 aliphatic heterocycles. The average Bonchev–Trinajstić information content (AvgIpc) is 3.35. The van der Waals surface area contributed by atoms with Gasteiger partial charge in [0, 0.05) is 5.92 Å². The molecule has 1 amide bonds. The monoisotopic (exact) mass is 395 g/mol. The lowest BCUT2D eigenvalue weighted by molar-refractivity contribution is -0.141. The zero-order valence-corrected chi connectivity index (χ0v) is 16.2. The lowest BCUT2D eigenvalue weighted by Gasteiger charge is -2.19. The van der Waals surface area contributed by atoms with E-state index in [4.69, 9.17) is 9.47 Å². The Bertz CT molecular complexity index is 845. The Morgan fingerprint density at radius 1 is 1.00 bits per heavy atom. The van der Waals surface area contributed by atoms with Gasteiger partial charge in [-0.25, -0.2) is 9.59 Å². The van der Waals surface area contributed by atoms with Gasteiger partial charge in [-0.05, 0) is 35.1 Å². The van der Waals surface area contributed by atoms with Crippen LogP contribution in [0, 0.1) is 0 Å². The summed E-state index contributed by atoms with van der Waals surface area (Å²) in [6.07, 6.45) is 3.43. The average molecular weight is 395 g/mol. The van der Waals surface area contributed by atoms with Crippen molar-refractivity contribution in [2.24, 2.45) is 0 Å². The summed E-state index contributed by atoms with van der Waals surface area (Å²) in [5, 5.41) is 11.8. The third kappa shape index (κ3) is 4.27. The molecule has 152 valence electrons. The Labute approximate surface area is 169 Å². The van der Waals surface area contributed by atoms with E-state index in [1.807, 2.05) is 36.4 Å². The highest BCUT2D eigenvalue weighted by atomic mass is 16.6. The second kappa shape index (κ2) is 8.66. The van der Waals surface area contributed by atoms with E-state index in [0.29, 0.717) is 0 Å². The number of nitrogens with one attached hydrogen (secondary N) is 1. The van der Waals surface area contributed by atoms with Crippen molar-refractivity contribution in [1.29, 1.82) is 0 Å². The molecular formula is C23H25NO5. The van der Waals surface area contributed by atoms with Gasteiger partial charge in [-0.15, -0.1) is 0 Å². The molecule has 0 saturated heterocycles. The van der Waals surface area contributed by atoms with Crippen molar-refractivity contribution in [2.45, 2.75) is 43.7 Å². The van der Waals surface area contributed by atoms with Crippen LogP contribution < -0.4 is 5.32 Å². The van der Waals surface area contributed by atoms with Gasteiger partial charge in [-0.2, -0.15) is 0 Å². The predicted octanol–water partition coefficient (Wildman–Crippen LogP) is 3.94. The van der Waals surface area contributed by atoms with Crippen LogP contribution in [-0.2, 0) is 14.3 Å². The number of benzene rings is 2. The summed E-state index contributed by atoms with van der Waals surface area (Å²) < 4.78 is 11.1. The fraction of sp³-hybridized carbons (Fsp3) is 0.391. The Hall–Kier alpha value is -2.86. The van der Waals surface area contributed by atoms with Crippen LogP contribution in [0.3, 0.4) is 0 Å². The molecule has 0 heterocycles. The van der Waals surface area contributed by atoms with E-state index in [1.165, 1.54) is 0 Å². The fourth-order valence-electron chi connectivity index (χ4n) is 4.24. The summed E-state index contributed by atoms with van der Waals surface area (Å²) in [5.41, 5.74) is 4.51. The van der Waals surface area contributed by atoms with Gasteiger partial charge in [0.1, 0.15) is 6.61 Å². The topological polar surface area (TPSA) is 84.9 Å². The number of carboxylic acids is 1. The van der Waals surface area contributed by atoms with Crippen molar-refractivity contribution in [3.63, 3.8) is 0 Å². The highest BCUT2D eigenvalue weighted by Gasteiger charge is 2.30. The Morgan fingerprint density at radius 2 is 1.59 bits per heavy atom. The molecule has 0 spiro atoms. The van der Waals surface area contributed by atoms with E-state index in [9.17, 15) is 14.7 Å². The molecule has 2 aromatic rings. The van der Waals surface area contributed by atoms with Crippen molar-refractivity contribution in [1.82, 2.24) is 5.32 Å². The first kappa shape index (κ1) is 19.5. The summed E-state index contributed by atoms with van der Waals surface area (Å²) in [4.78, 5) is 23.8. The number of hydrogen-bond donors (Lipinski definition) is 2. The molecule has 2 aliphatic rings. The Kier molecular flexibility index (Phi) is 5.81. The van der Waals surface area contributed by atoms with Crippen LogP contribution in [0.1, 0.15) is 42.7 Å². The molecule has 1 saturated carbocycles. The van der Waals surface area contributed by atoms with Gasteiger partial charge >= 0.3 is 12.1 Å². The third-order valence-electron chi connectivity index (χ3n) is 5.73. The summed E-state index contributed by atoms with van der Waals surface area (Å²) in [7, 11) is 0. The van der Waals surface area contributed by atoms with E-state index >= 15 is 0 Å². The molecule has 4 rings (SSSR count). The van der Waals surface area contributed by atoms with E-state index in [1.54, 1.807) is 0 Å². The van der Waals surface area contributed by atoms with Crippen molar-refractivity contribution < 1.29 is 24.2 Å². The second-order valence-corrected chi connectivity index (χ2v) is 7.60. The van der Waals surface area contributed by atoms with E-state index in [0.717, 1.165) is 47.9 Å². The number of aliphatic carboxylic acids is 1. The SMILES string of the molecule is O=C(NC(COC1CCCC1)C(=O)O)OCC1c2ccccc2-c2ccccc21. The number of carboxylic acid groups (broad SMARTS) is 1. The van der Waals surface area contributed by atoms with Crippen molar-refractivity contribution in [3.05, 3.63) is 59.7 Å². The molecule has 0 bridgehead atoms. The maximum atomic E-state index is 12.3. The first-order valence-corrected chi connectivity index (χ1v) is 10.1. The summed E-state index contributed by atoms with van der Waals surface area (Å²) in [6, 6.07) is 15.0. The minimum Gasteiger partial charge on any atom is -0.480 e. The third-order valence-corrected chi connectivity index (χ3v) is 5.73. The first-order chi connectivity index (χ1) is 14.1. The van der Waals surface area contributed by atoms with Gasteiger partial charge in [0.05, 0.1) is 12.7 Å². The smallest absolute Gasteiger partial charge is 0.407 e. The lowest BCUT2D eigenvalue weighted by atomic mass is 9.98. The zero-order valence-electron chi connectivity index (χ0n) is 16.2. The molecule has 29 heavy (non-hydrogen) atoms. The molecule has 2 aromatic carbocycles. The maximum Gasteiger partial charge on any atom is 0.407 e. The highest BCUT2D eigenvalue weighted by molar-refractivity contribution is 5.81. The zero-order chi connectivity index (χ0) is 20.2. The Balaban J connectivity index is 1.37. The molecule has 1 atom stereocenters. The molecule has 2 aliphatic carbocycles. The number of rotatable bonds is 7. The van der Waals surface area contributed by atoms with Crippen LogP contribution in [0.25, 0.3) is 11.1 Å². The van der Waals surface area contributed by atoms with Crippen LogP contribution in [0.5, 0.6) is 0 Å². The van der Waals surface area contributed by atoms with Gasteiger partial charge in [-0.1, -0.05) is 61.4 Å². The maximum absolute atomic E-state index is 12.3. The summed E-state index contributed by atoms with van der Waals surface area (Å²) in [5.74, 6) is -1.19. The second-order valence-electron chi connectivity index (χ2n) is 7.60. The van der Waals surface area contributed by atoms with E-state index in [2.05, 4.69) is 17.4 Å². The molecule has 2 N–H and O–H groups in total. The van der Waals surface area contributed by atoms with Crippen molar-refractivity contribution in [3.8, 4) is 11.1 Å². The molecule has 6 nitrogen and oxygen atoms in total. The fourth-order valence-corrected chi connectivity index (χ4v) is 4.24. The largest absolute Gasteiger partial charge is 0.480 e. The number of carbonyl (C=O) groups excluding carboxylic acids is 1. The number of carbonyl (C=O) groups is 2. The number of hydrogen-bond acceptors (Lipinski definition) is 4. The minimum absolute atomic E-state index is 0.0514. The van der Waals surface area contributed by atoms with Crippen LogP contribution in [0.4, 0.5) is 4.79 Å². The van der Waals surface area contributed by atoms with Crippen LogP contribution in [-0.4, -0.2) is 42.5 Å². The van der Waals surface area contributed by atoms with Gasteiger partial charge < -0.3 is 19.9 Å². The summed E-state index contributed by atoms with van der Waals surface area (Å²) >= 11 is 0. The number of ether oxygens (including phenoxy) is 2. The van der Waals surface area contributed by atoms with Crippen LogP contribution in [0.15, 0.2) is 48.5 Å². The van der Waals surface area contributed by atoms with Crippen molar-refractivity contribution >= 4 is 12.1 Å². The first-order valence-electron chi connectivity index (χ1n) is 10.1. The highest BCUT2D eigenvalue weighted by Crippen LogP contribution is 2.44. The molecule has 6 heteroatoms. The van der Waals surface area contributed by atoms with Gasteiger partial charge in [0.15, 0.2) is 6.04 Å². The van der Waals surface area contributed by atoms with Gasteiger partial charge in [0.2, 0.25) is 0 Å². The van der Waals surface area contributed by atoms with Gasteiger partial charge in [0.25, 0.3) is 0 Å². The quantitative estimate of drug-likeness (QED) is 0.742. The predicted molar refractivity (Wildman–Crippen MR) is 108 cm³/mol. The number of fused-ring (bicyclic) bond motifs is 3. The van der Waals surface area contributed by atoms with Crippen LogP contribution in [0.2, 0.25) is 0 Å². The molecule has 1 unspecified atom stereocenters. The molecule has 0 radical (unpaired) electrons. The van der Waals surface area contributed by atoms with Crippen LogP contribution >= 0.6 is 0 Å². The van der Waals surface area contributed by atoms with E-state index in [-0.39, 0.29) is 25.2 Å². The number of amides is 1. The molecule has 1 fully saturated rings. The molecule has 0 aromatic heterocycles. The van der Waals surface area contributed by atoms with E-state index < -0.39 is 18.1 Å². The normalized spacial score (nSPS) is 16.8.